The Balaban J connectivity index is 2.14. The van der Waals surface area contributed by atoms with Crippen LogP contribution in [0.4, 0.5) is 4.39 Å². The third-order valence-electron chi connectivity index (χ3n) is 2.69. The molecule has 18 heavy (non-hydrogen) atoms. The minimum Gasteiger partial charge on any atom is -0.487 e. The summed E-state index contributed by atoms with van der Waals surface area (Å²) >= 11 is 0. The second-order valence-corrected chi connectivity index (χ2v) is 5.63. The summed E-state index contributed by atoms with van der Waals surface area (Å²) in [6.45, 7) is 1.17. The van der Waals surface area contributed by atoms with Gasteiger partial charge in [-0.05, 0) is 18.2 Å². The van der Waals surface area contributed by atoms with Gasteiger partial charge in [-0.1, -0.05) is 0 Å². The largest absolute Gasteiger partial charge is 0.487 e. The Morgan fingerprint density at radius 3 is 2.56 bits per heavy atom. The molecule has 1 fully saturated rings. The average Bonchev–Trinajstić information content (AvgIpc) is 2.32. The maximum Gasteiger partial charge on any atom is 0.238 e. The molecule has 1 aromatic carbocycles. The third kappa shape index (κ3) is 3.18. The number of halogens is 1. The summed E-state index contributed by atoms with van der Waals surface area (Å²) in [4.78, 5) is -0.265. The Morgan fingerprint density at radius 1 is 1.33 bits per heavy atom. The van der Waals surface area contributed by atoms with E-state index in [0.717, 1.165) is 6.07 Å². The van der Waals surface area contributed by atoms with Gasteiger partial charge in [-0.25, -0.2) is 17.9 Å². The number of hydrogen-bond donors (Lipinski definition) is 1. The van der Waals surface area contributed by atoms with Crippen molar-refractivity contribution in [1.29, 1.82) is 0 Å². The maximum atomic E-state index is 13.7. The molecule has 0 bridgehead atoms. The van der Waals surface area contributed by atoms with E-state index in [9.17, 15) is 12.8 Å². The van der Waals surface area contributed by atoms with E-state index in [2.05, 4.69) is 0 Å². The van der Waals surface area contributed by atoms with Gasteiger partial charge in [-0.3, -0.25) is 0 Å². The Morgan fingerprint density at radius 2 is 2.00 bits per heavy atom. The second kappa shape index (κ2) is 5.21. The number of ether oxygens (including phenoxy) is 2. The topological polar surface area (TPSA) is 78.6 Å². The molecule has 1 aliphatic rings. The van der Waals surface area contributed by atoms with Crippen molar-refractivity contribution in [3.05, 3.63) is 24.0 Å². The van der Waals surface area contributed by atoms with Crippen LogP contribution in [0, 0.1) is 5.82 Å². The maximum absolute atomic E-state index is 13.7. The van der Waals surface area contributed by atoms with Crippen LogP contribution in [0.3, 0.4) is 0 Å². The van der Waals surface area contributed by atoms with Gasteiger partial charge in [0.1, 0.15) is 6.10 Å². The first-order valence-corrected chi connectivity index (χ1v) is 7.08. The van der Waals surface area contributed by atoms with E-state index in [0.29, 0.717) is 26.1 Å². The van der Waals surface area contributed by atoms with Crippen LogP contribution in [0.15, 0.2) is 23.1 Å². The molecule has 1 aliphatic heterocycles. The third-order valence-corrected chi connectivity index (χ3v) is 3.60. The molecule has 1 heterocycles. The molecule has 0 spiro atoms. The fourth-order valence-electron chi connectivity index (χ4n) is 1.73. The van der Waals surface area contributed by atoms with Crippen molar-refractivity contribution in [3.63, 3.8) is 0 Å². The lowest BCUT2D eigenvalue weighted by Crippen LogP contribution is -2.26. The molecule has 1 aromatic rings. The molecule has 0 aliphatic carbocycles. The summed E-state index contributed by atoms with van der Waals surface area (Å²) in [5, 5.41) is 4.91. The van der Waals surface area contributed by atoms with Gasteiger partial charge in [0.05, 0.1) is 18.1 Å². The molecule has 7 heteroatoms. The number of hydrogen-bond acceptors (Lipinski definition) is 4. The highest BCUT2D eigenvalue weighted by Gasteiger charge is 2.18. The van der Waals surface area contributed by atoms with Gasteiger partial charge in [-0.15, -0.1) is 0 Å². The summed E-state index contributed by atoms with van der Waals surface area (Å²) in [5.41, 5.74) is 0. The summed E-state index contributed by atoms with van der Waals surface area (Å²) in [7, 11) is -3.89. The molecule has 1 saturated heterocycles. The van der Waals surface area contributed by atoms with Gasteiger partial charge in [0.15, 0.2) is 11.6 Å². The Hall–Kier alpha value is -1.18. The Kier molecular flexibility index (Phi) is 3.84. The van der Waals surface area contributed by atoms with Crippen LogP contribution in [0.5, 0.6) is 5.75 Å². The average molecular weight is 275 g/mol. The van der Waals surface area contributed by atoms with Gasteiger partial charge in [0, 0.05) is 12.8 Å². The van der Waals surface area contributed by atoms with Gasteiger partial charge >= 0.3 is 0 Å². The fraction of sp³-hybridized carbons (Fsp3) is 0.455. The highest BCUT2D eigenvalue weighted by molar-refractivity contribution is 7.89. The smallest absolute Gasteiger partial charge is 0.238 e. The van der Waals surface area contributed by atoms with Crippen molar-refractivity contribution in [1.82, 2.24) is 0 Å². The summed E-state index contributed by atoms with van der Waals surface area (Å²) in [5.74, 6) is -0.692. The number of primary sulfonamides is 1. The molecule has 0 aromatic heterocycles. The molecule has 100 valence electrons. The molecular weight excluding hydrogens is 261 g/mol. The van der Waals surface area contributed by atoms with E-state index in [4.69, 9.17) is 14.6 Å². The van der Waals surface area contributed by atoms with Crippen LogP contribution in [0.1, 0.15) is 12.8 Å². The van der Waals surface area contributed by atoms with E-state index in [-0.39, 0.29) is 16.7 Å². The summed E-state index contributed by atoms with van der Waals surface area (Å²) in [6, 6.07) is 3.38. The molecule has 2 rings (SSSR count). The van der Waals surface area contributed by atoms with Crippen LogP contribution in [-0.2, 0) is 14.8 Å². The minimum atomic E-state index is -3.89. The molecule has 0 radical (unpaired) electrons. The van der Waals surface area contributed by atoms with E-state index < -0.39 is 15.8 Å². The van der Waals surface area contributed by atoms with Crippen molar-refractivity contribution in [2.75, 3.05) is 13.2 Å². The molecule has 0 unspecified atom stereocenters. The molecule has 0 saturated carbocycles. The lowest BCUT2D eigenvalue weighted by Gasteiger charge is -2.23. The first kappa shape index (κ1) is 13.3. The van der Waals surface area contributed by atoms with Gasteiger partial charge in [-0.2, -0.15) is 0 Å². The number of sulfonamides is 1. The summed E-state index contributed by atoms with van der Waals surface area (Å²) < 4.78 is 46.4. The second-order valence-electron chi connectivity index (χ2n) is 4.07. The predicted octanol–water partition coefficient (Wildman–Crippen LogP) is 1.03. The van der Waals surface area contributed by atoms with E-state index in [1.54, 1.807) is 0 Å². The Labute approximate surface area is 105 Å². The van der Waals surface area contributed by atoms with Gasteiger partial charge in [0.2, 0.25) is 10.0 Å². The normalized spacial score (nSPS) is 17.7. The quantitative estimate of drug-likeness (QED) is 0.893. The molecule has 2 N–H and O–H groups in total. The van der Waals surface area contributed by atoms with Gasteiger partial charge in [0.25, 0.3) is 0 Å². The van der Waals surface area contributed by atoms with Crippen LogP contribution >= 0.6 is 0 Å². The molecule has 5 nitrogen and oxygen atoms in total. The first-order valence-electron chi connectivity index (χ1n) is 5.53. The van der Waals surface area contributed by atoms with Crippen molar-refractivity contribution < 1.29 is 22.3 Å². The van der Waals surface area contributed by atoms with Crippen LogP contribution in [0.25, 0.3) is 0 Å². The highest BCUT2D eigenvalue weighted by Crippen LogP contribution is 2.23. The van der Waals surface area contributed by atoms with Gasteiger partial charge < -0.3 is 9.47 Å². The number of rotatable bonds is 3. The van der Waals surface area contributed by atoms with Crippen LogP contribution in [-0.4, -0.2) is 27.7 Å². The van der Waals surface area contributed by atoms with Crippen molar-refractivity contribution >= 4 is 10.0 Å². The van der Waals surface area contributed by atoms with Crippen LogP contribution < -0.4 is 9.88 Å². The first-order chi connectivity index (χ1) is 8.47. The zero-order chi connectivity index (χ0) is 13.2. The lowest BCUT2D eigenvalue weighted by atomic mass is 10.1. The van der Waals surface area contributed by atoms with Crippen molar-refractivity contribution in [2.45, 2.75) is 23.8 Å². The highest BCUT2D eigenvalue weighted by atomic mass is 32.2. The molecule has 0 atom stereocenters. The van der Waals surface area contributed by atoms with Crippen LogP contribution in [0.2, 0.25) is 0 Å². The standard InChI is InChI=1S/C11H14FNO4S/c12-10-7-9(18(13,14)15)1-2-11(10)17-8-3-5-16-6-4-8/h1-2,7-8H,3-6H2,(H2,13,14,15). The SMILES string of the molecule is NS(=O)(=O)c1ccc(OC2CCOCC2)c(F)c1. The zero-order valence-corrected chi connectivity index (χ0v) is 10.5. The zero-order valence-electron chi connectivity index (χ0n) is 9.63. The molecular formula is C11H14FNO4S. The number of nitrogens with two attached hydrogens (primary N) is 1. The van der Waals surface area contributed by atoms with Crippen molar-refractivity contribution in [3.8, 4) is 5.75 Å². The predicted molar refractivity (Wildman–Crippen MR) is 62.2 cm³/mol. The Bertz CT molecular complexity index is 526. The monoisotopic (exact) mass is 275 g/mol. The van der Waals surface area contributed by atoms with E-state index in [1.807, 2.05) is 0 Å². The lowest BCUT2D eigenvalue weighted by molar-refractivity contribution is 0.0240. The van der Waals surface area contributed by atoms with E-state index in [1.165, 1.54) is 12.1 Å². The minimum absolute atomic E-state index is 0.0364. The summed E-state index contributed by atoms with van der Waals surface area (Å²) in [6.07, 6.45) is 1.28. The number of benzene rings is 1. The van der Waals surface area contributed by atoms with E-state index >= 15 is 0 Å². The molecule has 0 amide bonds. The van der Waals surface area contributed by atoms with Crippen molar-refractivity contribution in [2.24, 2.45) is 5.14 Å². The fourth-order valence-corrected chi connectivity index (χ4v) is 2.25.